The zero-order valence-corrected chi connectivity index (χ0v) is 17.6. The molecule has 0 spiro atoms. The van der Waals surface area contributed by atoms with E-state index in [-0.39, 0.29) is 12.5 Å². The van der Waals surface area contributed by atoms with Crippen LogP contribution in [0.3, 0.4) is 0 Å². The van der Waals surface area contributed by atoms with E-state index >= 15 is 0 Å². The van der Waals surface area contributed by atoms with Crippen LogP contribution in [0.1, 0.15) is 25.7 Å². The molecule has 1 unspecified atom stereocenters. The van der Waals surface area contributed by atoms with Gasteiger partial charge in [0.2, 0.25) is 5.91 Å². The van der Waals surface area contributed by atoms with Crippen molar-refractivity contribution in [2.24, 2.45) is 0 Å². The summed E-state index contributed by atoms with van der Waals surface area (Å²) in [6, 6.07) is 0. The lowest BCUT2D eigenvalue weighted by molar-refractivity contribution is -0.888. The van der Waals surface area contributed by atoms with Crippen molar-refractivity contribution in [1.29, 1.82) is 0 Å². The summed E-state index contributed by atoms with van der Waals surface area (Å²) in [5, 5.41) is 5.52. The summed E-state index contributed by atoms with van der Waals surface area (Å²) in [7, 11) is 7.13. The Labute approximate surface area is 160 Å². The average molecular weight is 390 g/mol. The van der Waals surface area contributed by atoms with E-state index < -0.39 is 6.09 Å². The minimum atomic E-state index is -0.432. The molecule has 8 heteroatoms. The summed E-state index contributed by atoms with van der Waals surface area (Å²) in [6.07, 6.45) is 5.18. The largest absolute Gasteiger partial charge is 0.445 e. The van der Waals surface area contributed by atoms with Crippen LogP contribution in [0, 0.1) is 0 Å². The molecule has 0 saturated carbocycles. The number of likely N-dealkylation sites (N-methyl/N-ethyl adjacent to an activating group) is 1. The first-order valence-electron chi connectivity index (χ1n) is 9.29. The molecule has 1 atom stereocenters. The van der Waals surface area contributed by atoms with Crippen molar-refractivity contribution in [2.75, 3.05) is 66.3 Å². The number of nitrogens with zero attached hydrogens (tertiary/aromatic N) is 1. The van der Waals surface area contributed by atoms with Crippen molar-refractivity contribution in [1.82, 2.24) is 10.6 Å². The van der Waals surface area contributed by atoms with Gasteiger partial charge in [-0.15, -0.1) is 9.24 Å². The van der Waals surface area contributed by atoms with Crippen molar-refractivity contribution >= 4 is 21.2 Å². The highest BCUT2D eigenvalue weighted by Gasteiger charge is 2.12. The van der Waals surface area contributed by atoms with E-state index in [9.17, 15) is 9.59 Å². The lowest BCUT2D eigenvalue weighted by atomic mass is 10.2. The highest BCUT2D eigenvalue weighted by Crippen LogP contribution is 2.00. The molecule has 0 aliphatic carbocycles. The van der Waals surface area contributed by atoms with Crippen LogP contribution in [0.25, 0.3) is 0 Å². The number of hydrogen-bond donors (Lipinski definition) is 2. The van der Waals surface area contributed by atoms with Gasteiger partial charge < -0.3 is 24.6 Å². The van der Waals surface area contributed by atoms with Gasteiger partial charge in [-0.3, -0.25) is 4.79 Å². The molecular formula is C18H37N3O4P+. The van der Waals surface area contributed by atoms with E-state index in [4.69, 9.17) is 9.47 Å². The normalized spacial score (nSPS) is 11.0. The summed E-state index contributed by atoms with van der Waals surface area (Å²) in [5.41, 5.74) is 0. The number of alkyl carbamates (subject to hydrolysis) is 1. The number of nitrogens with one attached hydrogen (secondary N) is 2. The van der Waals surface area contributed by atoms with Crippen LogP contribution < -0.4 is 10.6 Å². The number of carbonyl (C=O) groups excluding carboxylic acids is 2. The first kappa shape index (κ1) is 24.8. The smallest absolute Gasteiger partial charge is 0.407 e. The molecule has 0 aromatic rings. The minimum absolute atomic E-state index is 0.0473. The second-order valence-electron chi connectivity index (χ2n) is 6.76. The molecule has 0 saturated heterocycles. The molecule has 0 aromatic heterocycles. The predicted molar refractivity (Wildman–Crippen MR) is 108 cm³/mol. The van der Waals surface area contributed by atoms with Gasteiger partial charge in [0.15, 0.2) is 0 Å². The molecule has 2 N–H and O–H groups in total. The van der Waals surface area contributed by atoms with Crippen molar-refractivity contribution < 1.29 is 23.5 Å². The monoisotopic (exact) mass is 390 g/mol. The SMILES string of the molecule is C=CCOC(=O)NCCCCCC(=O)NCCOCC[N+](C)(C)CCP. The Hall–Kier alpha value is -1.17. The molecule has 0 fully saturated rings. The Morgan fingerprint density at radius 3 is 2.54 bits per heavy atom. The molecule has 26 heavy (non-hydrogen) atoms. The van der Waals surface area contributed by atoms with Gasteiger partial charge in [0.05, 0.1) is 33.9 Å². The third-order valence-corrected chi connectivity index (χ3v) is 4.08. The first-order valence-corrected chi connectivity index (χ1v) is 10.1. The molecule has 0 aliphatic rings. The molecule has 0 heterocycles. The summed E-state index contributed by atoms with van der Waals surface area (Å²) in [4.78, 5) is 22.9. The molecule has 7 nitrogen and oxygen atoms in total. The highest BCUT2D eigenvalue weighted by atomic mass is 31.0. The van der Waals surface area contributed by atoms with Crippen molar-refractivity contribution in [2.45, 2.75) is 25.7 Å². The van der Waals surface area contributed by atoms with Crippen LogP contribution in [0.5, 0.6) is 0 Å². The van der Waals surface area contributed by atoms with E-state index in [1.807, 2.05) is 0 Å². The first-order chi connectivity index (χ1) is 12.4. The van der Waals surface area contributed by atoms with Crippen LogP contribution >= 0.6 is 9.24 Å². The van der Waals surface area contributed by atoms with Crippen LogP contribution in [-0.4, -0.2) is 82.7 Å². The molecular weight excluding hydrogens is 353 g/mol. The van der Waals surface area contributed by atoms with Gasteiger partial charge in [0.25, 0.3) is 0 Å². The molecule has 0 aliphatic heterocycles. The Kier molecular flexibility index (Phi) is 15.3. The second kappa shape index (κ2) is 16.0. The molecule has 0 rings (SSSR count). The molecule has 0 aromatic carbocycles. The topological polar surface area (TPSA) is 76.7 Å². The number of amides is 2. The summed E-state index contributed by atoms with van der Waals surface area (Å²) in [5.74, 6) is 0.0473. The lowest BCUT2D eigenvalue weighted by Gasteiger charge is -2.29. The maximum atomic E-state index is 11.7. The van der Waals surface area contributed by atoms with Gasteiger partial charge in [0, 0.05) is 25.7 Å². The highest BCUT2D eigenvalue weighted by molar-refractivity contribution is 7.16. The second-order valence-corrected chi connectivity index (χ2v) is 7.34. The van der Waals surface area contributed by atoms with E-state index in [0.29, 0.717) is 32.7 Å². The number of rotatable bonds is 16. The van der Waals surface area contributed by atoms with Crippen LogP contribution in [0.4, 0.5) is 4.79 Å². The van der Waals surface area contributed by atoms with E-state index in [0.717, 1.165) is 43.0 Å². The van der Waals surface area contributed by atoms with E-state index in [1.165, 1.54) is 6.08 Å². The molecule has 2 amide bonds. The third-order valence-electron chi connectivity index (χ3n) is 3.83. The van der Waals surface area contributed by atoms with Crippen molar-refractivity contribution in [3.63, 3.8) is 0 Å². The fourth-order valence-electron chi connectivity index (χ4n) is 2.19. The van der Waals surface area contributed by atoms with Crippen molar-refractivity contribution in [3.8, 4) is 0 Å². The van der Waals surface area contributed by atoms with Gasteiger partial charge in [-0.05, 0) is 12.8 Å². The maximum absolute atomic E-state index is 11.7. The van der Waals surface area contributed by atoms with E-state index in [2.05, 4.69) is 40.5 Å². The fraction of sp³-hybridized carbons (Fsp3) is 0.778. The Morgan fingerprint density at radius 1 is 1.08 bits per heavy atom. The zero-order valence-electron chi connectivity index (χ0n) is 16.4. The number of ether oxygens (including phenoxy) is 2. The number of unbranched alkanes of at least 4 members (excludes halogenated alkanes) is 2. The standard InChI is InChI=1S/C18H36N3O4P/c1-4-13-25-18(23)20-9-7-5-6-8-17(22)19-10-14-24-15-11-21(2,3)12-16-26/h4H,1,5-16,26H2,2-3H3,(H-,19,20,22,23)/p+1. The van der Waals surface area contributed by atoms with Gasteiger partial charge >= 0.3 is 6.09 Å². The molecule has 0 radical (unpaired) electrons. The van der Waals surface area contributed by atoms with Crippen molar-refractivity contribution in [3.05, 3.63) is 12.7 Å². The average Bonchev–Trinajstić information content (AvgIpc) is 2.59. The van der Waals surface area contributed by atoms with E-state index in [1.54, 1.807) is 0 Å². The van der Waals surface area contributed by atoms with Crippen LogP contribution in [-0.2, 0) is 14.3 Å². The van der Waals surface area contributed by atoms with Gasteiger partial charge in [-0.25, -0.2) is 4.79 Å². The molecule has 152 valence electrons. The Bertz CT molecular complexity index is 406. The minimum Gasteiger partial charge on any atom is -0.445 e. The third kappa shape index (κ3) is 16.3. The van der Waals surface area contributed by atoms with Gasteiger partial charge in [-0.1, -0.05) is 19.1 Å². The van der Waals surface area contributed by atoms with Crippen LogP contribution in [0.2, 0.25) is 0 Å². The number of quaternary nitrogens is 1. The Balaban J connectivity index is 3.42. The van der Waals surface area contributed by atoms with Crippen LogP contribution in [0.15, 0.2) is 12.7 Å². The summed E-state index contributed by atoms with van der Waals surface area (Å²) in [6.45, 7) is 8.11. The number of carbonyl (C=O) groups is 2. The lowest BCUT2D eigenvalue weighted by Crippen LogP contribution is -2.43. The number of hydrogen-bond acceptors (Lipinski definition) is 4. The zero-order chi connectivity index (χ0) is 19.7. The maximum Gasteiger partial charge on any atom is 0.407 e. The van der Waals surface area contributed by atoms with Gasteiger partial charge in [0.1, 0.15) is 13.2 Å². The predicted octanol–water partition coefficient (Wildman–Crippen LogP) is 1.54. The summed E-state index contributed by atoms with van der Waals surface area (Å²) >= 11 is 0. The molecule has 0 bridgehead atoms. The summed E-state index contributed by atoms with van der Waals surface area (Å²) < 4.78 is 11.3. The fourth-order valence-corrected chi connectivity index (χ4v) is 2.89. The Morgan fingerprint density at radius 2 is 1.85 bits per heavy atom. The quantitative estimate of drug-likeness (QED) is 0.181. The van der Waals surface area contributed by atoms with Gasteiger partial charge in [-0.2, -0.15) is 0 Å².